The van der Waals surface area contributed by atoms with E-state index in [1.165, 1.54) is 69.9 Å². The van der Waals surface area contributed by atoms with Gasteiger partial charge >= 0.3 is 0 Å². The Morgan fingerprint density at radius 2 is 1.68 bits per heavy atom. The zero-order chi connectivity index (χ0) is 19.0. The van der Waals surface area contributed by atoms with Crippen LogP contribution in [0.15, 0.2) is 30.3 Å². The SMILES string of the molecule is O=C(N[C@H]1CCN(CCCCc2ccccc2)C1)C12CC3CC(CC(C3)C1)C2. The van der Waals surface area contributed by atoms with E-state index in [0.29, 0.717) is 11.9 Å². The van der Waals surface area contributed by atoms with Crippen molar-refractivity contribution in [1.82, 2.24) is 10.2 Å². The average Bonchev–Trinajstić information content (AvgIpc) is 3.12. The summed E-state index contributed by atoms with van der Waals surface area (Å²) < 4.78 is 0. The van der Waals surface area contributed by atoms with Gasteiger partial charge in [0, 0.05) is 24.5 Å². The molecule has 1 saturated heterocycles. The van der Waals surface area contributed by atoms with E-state index >= 15 is 0 Å². The molecular formula is C25H36N2O. The lowest BCUT2D eigenvalue weighted by Gasteiger charge is -2.55. The lowest BCUT2D eigenvalue weighted by molar-refractivity contribution is -0.146. The molecule has 1 aromatic carbocycles. The van der Waals surface area contributed by atoms with E-state index in [9.17, 15) is 4.79 Å². The molecule has 3 heteroatoms. The Morgan fingerprint density at radius 1 is 1.00 bits per heavy atom. The van der Waals surface area contributed by atoms with Gasteiger partial charge in [0.15, 0.2) is 0 Å². The third kappa shape index (κ3) is 3.87. The first-order chi connectivity index (χ1) is 13.7. The van der Waals surface area contributed by atoms with Crippen LogP contribution in [0.5, 0.6) is 0 Å². The number of unbranched alkanes of at least 4 members (excludes halogenated alkanes) is 1. The molecule has 1 aromatic rings. The molecule has 5 aliphatic rings. The number of benzene rings is 1. The molecule has 1 N–H and O–H groups in total. The van der Waals surface area contributed by atoms with E-state index in [1.807, 2.05) is 0 Å². The van der Waals surface area contributed by atoms with Gasteiger partial charge in [-0.25, -0.2) is 0 Å². The van der Waals surface area contributed by atoms with Crippen molar-refractivity contribution in [3.8, 4) is 0 Å². The Balaban J connectivity index is 1.06. The van der Waals surface area contributed by atoms with Crippen molar-refractivity contribution in [3.05, 3.63) is 35.9 Å². The van der Waals surface area contributed by atoms with Crippen LogP contribution in [0, 0.1) is 23.2 Å². The van der Waals surface area contributed by atoms with Gasteiger partial charge in [-0.05, 0) is 94.1 Å². The standard InChI is InChI=1S/C25H36N2O/c28-24(25-15-20-12-21(16-25)14-22(13-20)17-25)26-23-9-11-27(18-23)10-5-4-8-19-6-2-1-3-7-19/h1-3,6-7,20-23H,4-5,8-18H2,(H,26,28)/t20?,21?,22?,23-,25?/m0/s1. The van der Waals surface area contributed by atoms with Crippen molar-refractivity contribution in [2.24, 2.45) is 23.2 Å². The Kier molecular flexibility index (Phi) is 5.21. The summed E-state index contributed by atoms with van der Waals surface area (Å²) in [6, 6.07) is 11.2. The van der Waals surface area contributed by atoms with Crippen LogP contribution in [0.2, 0.25) is 0 Å². The molecule has 1 atom stereocenters. The van der Waals surface area contributed by atoms with Crippen molar-refractivity contribution in [2.45, 2.75) is 70.3 Å². The molecule has 3 nitrogen and oxygen atoms in total. The fourth-order valence-electron chi connectivity index (χ4n) is 7.19. The number of rotatable bonds is 7. The highest BCUT2D eigenvalue weighted by Crippen LogP contribution is 2.60. The maximum absolute atomic E-state index is 13.2. The summed E-state index contributed by atoms with van der Waals surface area (Å²) in [6.07, 6.45) is 12.6. The Labute approximate surface area is 170 Å². The summed E-state index contributed by atoms with van der Waals surface area (Å²) in [4.78, 5) is 15.8. The van der Waals surface area contributed by atoms with Crippen LogP contribution in [-0.4, -0.2) is 36.5 Å². The molecule has 4 bridgehead atoms. The minimum Gasteiger partial charge on any atom is -0.352 e. The summed E-state index contributed by atoms with van der Waals surface area (Å²) >= 11 is 0. The van der Waals surface area contributed by atoms with Crippen LogP contribution in [0.4, 0.5) is 0 Å². The molecule has 5 fully saturated rings. The highest BCUT2D eigenvalue weighted by molar-refractivity contribution is 5.83. The maximum Gasteiger partial charge on any atom is 0.226 e. The molecule has 1 heterocycles. The first kappa shape index (κ1) is 18.7. The van der Waals surface area contributed by atoms with E-state index in [2.05, 4.69) is 40.5 Å². The van der Waals surface area contributed by atoms with E-state index < -0.39 is 0 Å². The maximum atomic E-state index is 13.2. The number of carbonyl (C=O) groups excluding carboxylic acids is 1. The van der Waals surface area contributed by atoms with E-state index in [0.717, 1.165) is 37.3 Å². The zero-order valence-corrected chi connectivity index (χ0v) is 17.2. The van der Waals surface area contributed by atoms with Gasteiger partial charge in [-0.1, -0.05) is 30.3 Å². The molecule has 28 heavy (non-hydrogen) atoms. The molecule has 0 unspecified atom stereocenters. The smallest absolute Gasteiger partial charge is 0.226 e. The number of nitrogens with one attached hydrogen (secondary N) is 1. The summed E-state index contributed by atoms with van der Waals surface area (Å²) in [5.41, 5.74) is 1.46. The summed E-state index contributed by atoms with van der Waals surface area (Å²) in [5.74, 6) is 2.97. The lowest BCUT2D eigenvalue weighted by atomic mass is 9.49. The van der Waals surface area contributed by atoms with Gasteiger partial charge in [0.05, 0.1) is 0 Å². The minimum atomic E-state index is 0.0118. The second-order valence-corrected chi connectivity index (χ2v) is 10.4. The van der Waals surface area contributed by atoms with Crippen LogP contribution < -0.4 is 5.32 Å². The van der Waals surface area contributed by atoms with Crippen LogP contribution in [-0.2, 0) is 11.2 Å². The van der Waals surface area contributed by atoms with Gasteiger partial charge < -0.3 is 10.2 Å². The number of amides is 1. The predicted octanol–water partition coefficient (Wildman–Crippen LogP) is 4.42. The van der Waals surface area contributed by atoms with Crippen LogP contribution in [0.1, 0.15) is 63.4 Å². The van der Waals surface area contributed by atoms with Gasteiger partial charge in [-0.3, -0.25) is 4.79 Å². The van der Waals surface area contributed by atoms with Gasteiger partial charge in [0.1, 0.15) is 0 Å². The summed E-state index contributed by atoms with van der Waals surface area (Å²) in [6.45, 7) is 3.39. The molecule has 0 aromatic heterocycles. The molecule has 6 rings (SSSR count). The monoisotopic (exact) mass is 380 g/mol. The molecule has 4 saturated carbocycles. The van der Waals surface area contributed by atoms with Crippen molar-refractivity contribution in [2.75, 3.05) is 19.6 Å². The number of carbonyl (C=O) groups is 1. The Bertz CT molecular complexity index is 650. The molecule has 1 amide bonds. The fourth-order valence-corrected chi connectivity index (χ4v) is 7.19. The second-order valence-electron chi connectivity index (χ2n) is 10.4. The average molecular weight is 381 g/mol. The number of hydrogen-bond acceptors (Lipinski definition) is 2. The molecule has 152 valence electrons. The zero-order valence-electron chi connectivity index (χ0n) is 17.2. The Hall–Kier alpha value is -1.35. The predicted molar refractivity (Wildman–Crippen MR) is 113 cm³/mol. The quantitative estimate of drug-likeness (QED) is 0.711. The minimum absolute atomic E-state index is 0.0118. The van der Waals surface area contributed by atoms with Crippen molar-refractivity contribution >= 4 is 5.91 Å². The molecule has 0 spiro atoms. The first-order valence-electron chi connectivity index (χ1n) is 11.8. The largest absolute Gasteiger partial charge is 0.352 e. The molecule has 1 aliphatic heterocycles. The number of nitrogens with zero attached hydrogens (tertiary/aromatic N) is 1. The van der Waals surface area contributed by atoms with Crippen LogP contribution in [0.3, 0.4) is 0 Å². The van der Waals surface area contributed by atoms with Crippen LogP contribution >= 0.6 is 0 Å². The van der Waals surface area contributed by atoms with Gasteiger partial charge in [0.2, 0.25) is 5.91 Å². The van der Waals surface area contributed by atoms with Gasteiger partial charge in [-0.15, -0.1) is 0 Å². The number of hydrogen-bond donors (Lipinski definition) is 1. The lowest BCUT2D eigenvalue weighted by Crippen LogP contribution is -2.55. The van der Waals surface area contributed by atoms with Crippen molar-refractivity contribution in [1.29, 1.82) is 0 Å². The van der Waals surface area contributed by atoms with Crippen molar-refractivity contribution in [3.63, 3.8) is 0 Å². The highest BCUT2D eigenvalue weighted by atomic mass is 16.2. The second kappa shape index (κ2) is 7.82. The van der Waals surface area contributed by atoms with E-state index in [-0.39, 0.29) is 5.41 Å². The van der Waals surface area contributed by atoms with Crippen molar-refractivity contribution < 1.29 is 4.79 Å². The van der Waals surface area contributed by atoms with Gasteiger partial charge in [-0.2, -0.15) is 0 Å². The normalized spacial score (nSPS) is 36.7. The molecule has 0 radical (unpaired) electrons. The van der Waals surface area contributed by atoms with Crippen LogP contribution in [0.25, 0.3) is 0 Å². The third-order valence-electron chi connectivity index (χ3n) is 8.16. The van der Waals surface area contributed by atoms with E-state index in [1.54, 1.807) is 0 Å². The molecular weight excluding hydrogens is 344 g/mol. The number of aryl methyl sites for hydroxylation is 1. The third-order valence-corrected chi connectivity index (χ3v) is 8.16. The highest BCUT2D eigenvalue weighted by Gasteiger charge is 2.54. The topological polar surface area (TPSA) is 32.3 Å². The summed E-state index contributed by atoms with van der Waals surface area (Å²) in [5, 5.41) is 3.50. The number of likely N-dealkylation sites (tertiary alicyclic amines) is 1. The summed E-state index contributed by atoms with van der Waals surface area (Å²) in [7, 11) is 0. The first-order valence-corrected chi connectivity index (χ1v) is 11.8. The fraction of sp³-hybridized carbons (Fsp3) is 0.720. The Morgan fingerprint density at radius 3 is 2.36 bits per heavy atom. The van der Waals surface area contributed by atoms with Gasteiger partial charge in [0.25, 0.3) is 0 Å². The molecule has 4 aliphatic carbocycles. The van der Waals surface area contributed by atoms with E-state index in [4.69, 9.17) is 0 Å².